The highest BCUT2D eigenvalue weighted by Crippen LogP contribution is 2.19. The summed E-state index contributed by atoms with van der Waals surface area (Å²) in [5.41, 5.74) is 5.90. The predicted molar refractivity (Wildman–Crippen MR) is 69.1 cm³/mol. The normalized spacial score (nSPS) is 23.8. The van der Waals surface area contributed by atoms with Crippen LogP contribution in [0.5, 0.6) is 0 Å². The van der Waals surface area contributed by atoms with E-state index in [1.807, 2.05) is 0 Å². The molecule has 1 saturated carbocycles. The molecule has 1 aliphatic heterocycles. The molecule has 0 amide bonds. The summed E-state index contributed by atoms with van der Waals surface area (Å²) >= 11 is 0. The van der Waals surface area contributed by atoms with Crippen LogP contribution >= 0.6 is 0 Å². The molecular formula is C12H24N4O. The summed E-state index contributed by atoms with van der Waals surface area (Å²) in [4.78, 5) is 6.87. The maximum absolute atomic E-state index is 5.85. The quantitative estimate of drug-likeness (QED) is 0.543. The molecule has 0 atom stereocenters. The van der Waals surface area contributed by atoms with Gasteiger partial charge in [0, 0.05) is 24.7 Å². The maximum atomic E-state index is 5.85. The van der Waals surface area contributed by atoms with E-state index >= 15 is 0 Å². The molecule has 2 fully saturated rings. The highest BCUT2D eigenvalue weighted by Gasteiger charge is 2.28. The zero-order valence-electron chi connectivity index (χ0n) is 10.9. The van der Waals surface area contributed by atoms with Gasteiger partial charge in [0.15, 0.2) is 5.96 Å². The zero-order valence-corrected chi connectivity index (χ0v) is 10.9. The fraction of sp³-hybridized carbons (Fsp3) is 0.917. The van der Waals surface area contributed by atoms with Crippen molar-refractivity contribution < 1.29 is 4.74 Å². The minimum atomic E-state index is 0.0552. The SMILES string of the molecule is CC(C)(CN=C(N)NC1CC1)N1CCOCC1. The summed E-state index contributed by atoms with van der Waals surface area (Å²) in [5, 5.41) is 3.21. The number of nitrogens with one attached hydrogen (secondary N) is 1. The number of nitrogens with zero attached hydrogens (tertiary/aromatic N) is 2. The number of nitrogens with two attached hydrogens (primary N) is 1. The molecule has 1 heterocycles. The van der Waals surface area contributed by atoms with E-state index in [-0.39, 0.29) is 5.54 Å². The molecule has 2 aliphatic rings. The van der Waals surface area contributed by atoms with Gasteiger partial charge in [-0.15, -0.1) is 0 Å². The summed E-state index contributed by atoms with van der Waals surface area (Å²) in [5.74, 6) is 0.592. The van der Waals surface area contributed by atoms with E-state index in [0.717, 1.165) is 32.8 Å². The number of ether oxygens (including phenoxy) is 1. The Balaban J connectivity index is 1.81. The Morgan fingerprint density at radius 3 is 2.65 bits per heavy atom. The van der Waals surface area contributed by atoms with Crippen LogP contribution in [0.3, 0.4) is 0 Å². The van der Waals surface area contributed by atoms with Crippen LogP contribution in [0.4, 0.5) is 0 Å². The van der Waals surface area contributed by atoms with E-state index < -0.39 is 0 Å². The van der Waals surface area contributed by atoms with Gasteiger partial charge in [-0.3, -0.25) is 9.89 Å². The number of morpholine rings is 1. The van der Waals surface area contributed by atoms with Gasteiger partial charge in [-0.1, -0.05) is 0 Å². The van der Waals surface area contributed by atoms with Crippen molar-refractivity contribution in [3.05, 3.63) is 0 Å². The van der Waals surface area contributed by atoms with Crippen LogP contribution in [0.15, 0.2) is 4.99 Å². The summed E-state index contributed by atoms with van der Waals surface area (Å²) < 4.78 is 5.37. The fourth-order valence-electron chi connectivity index (χ4n) is 2.03. The van der Waals surface area contributed by atoms with Gasteiger partial charge in [-0.2, -0.15) is 0 Å². The largest absolute Gasteiger partial charge is 0.379 e. The molecule has 0 aromatic rings. The van der Waals surface area contributed by atoms with Crippen molar-refractivity contribution in [3.8, 4) is 0 Å². The van der Waals surface area contributed by atoms with E-state index in [4.69, 9.17) is 10.5 Å². The molecule has 3 N–H and O–H groups in total. The first-order chi connectivity index (χ1) is 8.08. The average molecular weight is 240 g/mol. The lowest BCUT2D eigenvalue weighted by Gasteiger charge is -2.39. The molecule has 5 heteroatoms. The lowest BCUT2D eigenvalue weighted by molar-refractivity contribution is -0.00682. The van der Waals surface area contributed by atoms with E-state index in [1.54, 1.807) is 0 Å². The lowest BCUT2D eigenvalue weighted by atomic mass is 10.0. The Bertz CT molecular complexity index is 280. The molecule has 0 spiro atoms. The van der Waals surface area contributed by atoms with Gasteiger partial charge in [0.1, 0.15) is 0 Å². The van der Waals surface area contributed by atoms with Gasteiger partial charge in [0.25, 0.3) is 0 Å². The second kappa shape index (κ2) is 5.23. The van der Waals surface area contributed by atoms with Crippen LogP contribution in [0.25, 0.3) is 0 Å². The Morgan fingerprint density at radius 1 is 1.41 bits per heavy atom. The van der Waals surface area contributed by atoms with Crippen LogP contribution in [0.2, 0.25) is 0 Å². The van der Waals surface area contributed by atoms with E-state index in [0.29, 0.717) is 12.0 Å². The lowest BCUT2D eigenvalue weighted by Crippen LogP contribution is -2.52. The van der Waals surface area contributed by atoms with Crippen LogP contribution in [0.1, 0.15) is 26.7 Å². The maximum Gasteiger partial charge on any atom is 0.188 e. The molecule has 17 heavy (non-hydrogen) atoms. The number of guanidine groups is 1. The van der Waals surface area contributed by atoms with Crippen LogP contribution < -0.4 is 11.1 Å². The van der Waals surface area contributed by atoms with Crippen LogP contribution in [-0.2, 0) is 4.74 Å². The second-order valence-electron chi connectivity index (χ2n) is 5.53. The number of aliphatic imine (C=N–C) groups is 1. The highest BCUT2D eigenvalue weighted by molar-refractivity contribution is 5.78. The van der Waals surface area contributed by atoms with Crippen molar-refractivity contribution in [1.29, 1.82) is 0 Å². The van der Waals surface area contributed by atoms with Gasteiger partial charge < -0.3 is 15.8 Å². The molecule has 5 nitrogen and oxygen atoms in total. The molecule has 0 radical (unpaired) electrons. The molecule has 98 valence electrons. The summed E-state index contributed by atoms with van der Waals surface area (Å²) in [7, 11) is 0. The Labute approximate surface area is 103 Å². The Kier molecular flexibility index (Phi) is 3.89. The zero-order chi connectivity index (χ0) is 12.3. The van der Waals surface area contributed by atoms with Crippen LogP contribution in [0, 0.1) is 0 Å². The van der Waals surface area contributed by atoms with Crippen molar-refractivity contribution in [2.75, 3.05) is 32.8 Å². The highest BCUT2D eigenvalue weighted by atomic mass is 16.5. The third-order valence-corrected chi connectivity index (χ3v) is 3.43. The van der Waals surface area contributed by atoms with Gasteiger partial charge in [-0.05, 0) is 26.7 Å². The molecule has 1 aliphatic carbocycles. The van der Waals surface area contributed by atoms with Crippen molar-refractivity contribution in [2.45, 2.75) is 38.3 Å². The molecule has 2 rings (SSSR count). The first-order valence-electron chi connectivity index (χ1n) is 6.47. The van der Waals surface area contributed by atoms with Gasteiger partial charge >= 0.3 is 0 Å². The second-order valence-corrected chi connectivity index (χ2v) is 5.53. The summed E-state index contributed by atoms with van der Waals surface area (Å²) in [6.07, 6.45) is 2.45. The van der Waals surface area contributed by atoms with Crippen molar-refractivity contribution in [1.82, 2.24) is 10.2 Å². The topological polar surface area (TPSA) is 62.9 Å². The molecule has 0 unspecified atom stereocenters. The van der Waals surface area contributed by atoms with Crippen molar-refractivity contribution in [3.63, 3.8) is 0 Å². The van der Waals surface area contributed by atoms with Crippen molar-refractivity contribution >= 4 is 5.96 Å². The van der Waals surface area contributed by atoms with Gasteiger partial charge in [0.05, 0.1) is 19.8 Å². The fourth-order valence-corrected chi connectivity index (χ4v) is 2.03. The molecule has 1 saturated heterocycles. The summed E-state index contributed by atoms with van der Waals surface area (Å²) in [6, 6.07) is 0.574. The molecule has 0 aromatic heterocycles. The molecule has 0 bridgehead atoms. The summed E-state index contributed by atoms with van der Waals surface area (Å²) in [6.45, 7) is 8.78. The number of hydrogen-bond donors (Lipinski definition) is 2. The molecule has 0 aromatic carbocycles. The minimum Gasteiger partial charge on any atom is -0.379 e. The number of hydrogen-bond acceptors (Lipinski definition) is 3. The van der Waals surface area contributed by atoms with E-state index in [2.05, 4.69) is 29.1 Å². The van der Waals surface area contributed by atoms with E-state index in [1.165, 1.54) is 12.8 Å². The predicted octanol–water partition coefficient (Wildman–Crippen LogP) is 0.164. The van der Waals surface area contributed by atoms with Gasteiger partial charge in [-0.25, -0.2) is 0 Å². The first kappa shape index (κ1) is 12.6. The Hall–Kier alpha value is -0.810. The smallest absolute Gasteiger partial charge is 0.188 e. The third kappa shape index (κ3) is 3.85. The monoisotopic (exact) mass is 240 g/mol. The third-order valence-electron chi connectivity index (χ3n) is 3.43. The average Bonchev–Trinajstić information content (AvgIpc) is 3.12. The molecular weight excluding hydrogens is 216 g/mol. The minimum absolute atomic E-state index is 0.0552. The number of rotatable bonds is 4. The van der Waals surface area contributed by atoms with E-state index in [9.17, 15) is 0 Å². The van der Waals surface area contributed by atoms with Crippen molar-refractivity contribution in [2.24, 2.45) is 10.7 Å². The first-order valence-corrected chi connectivity index (χ1v) is 6.47. The standard InChI is InChI=1S/C12H24N4O/c1-12(2,16-5-7-17-8-6-16)9-14-11(13)15-10-3-4-10/h10H,3-9H2,1-2H3,(H3,13,14,15). The van der Waals surface area contributed by atoms with Gasteiger partial charge in [0.2, 0.25) is 0 Å². The van der Waals surface area contributed by atoms with Crippen LogP contribution in [-0.4, -0.2) is 55.3 Å². The Morgan fingerprint density at radius 2 is 2.06 bits per heavy atom.